The molecule has 164 valence electrons. The van der Waals surface area contributed by atoms with Gasteiger partial charge in [-0.3, -0.25) is 9.59 Å². The third-order valence-electron chi connectivity index (χ3n) is 5.50. The van der Waals surface area contributed by atoms with Crippen molar-refractivity contribution in [3.63, 3.8) is 0 Å². The Morgan fingerprint density at radius 2 is 1.93 bits per heavy atom. The van der Waals surface area contributed by atoms with Gasteiger partial charge in [0, 0.05) is 18.1 Å². The van der Waals surface area contributed by atoms with E-state index in [4.69, 9.17) is 14.2 Å². The summed E-state index contributed by atoms with van der Waals surface area (Å²) < 4.78 is 16.4. The van der Waals surface area contributed by atoms with E-state index in [-0.39, 0.29) is 17.1 Å². The van der Waals surface area contributed by atoms with Gasteiger partial charge in [0.25, 0.3) is 0 Å². The average molecular weight is 420 g/mol. The van der Waals surface area contributed by atoms with Gasteiger partial charge >= 0.3 is 17.9 Å². The molecule has 0 aromatic heterocycles. The SMILES string of the molecule is C=C1C(=O)O[C@@H]2C[C@@H](C)/C=C\C(=O)[C@](C)(O)[C@H](OC(C)=O)[C@@H](OC(=O)/C(C)=C\C)[C@H]12. The molecular formula is C22H28O8. The maximum atomic E-state index is 12.7. The van der Waals surface area contributed by atoms with Gasteiger partial charge in [0.05, 0.1) is 5.92 Å². The zero-order valence-corrected chi connectivity index (χ0v) is 17.8. The molecule has 0 aromatic rings. The topological polar surface area (TPSA) is 116 Å². The molecule has 1 N–H and O–H groups in total. The van der Waals surface area contributed by atoms with Gasteiger partial charge in [0.15, 0.2) is 23.6 Å². The van der Waals surface area contributed by atoms with Crippen LogP contribution in [-0.4, -0.2) is 52.7 Å². The molecule has 8 heteroatoms. The highest BCUT2D eigenvalue weighted by molar-refractivity contribution is 5.98. The molecule has 1 fully saturated rings. The summed E-state index contributed by atoms with van der Waals surface area (Å²) in [5, 5.41) is 11.1. The number of fused-ring (bicyclic) bond motifs is 1. The van der Waals surface area contributed by atoms with Crippen molar-refractivity contribution >= 4 is 23.7 Å². The van der Waals surface area contributed by atoms with Crippen molar-refractivity contribution in [1.82, 2.24) is 0 Å². The van der Waals surface area contributed by atoms with Crippen LogP contribution < -0.4 is 0 Å². The van der Waals surface area contributed by atoms with E-state index < -0.39 is 53.5 Å². The van der Waals surface area contributed by atoms with Gasteiger partial charge in [-0.25, -0.2) is 9.59 Å². The highest BCUT2D eigenvalue weighted by Gasteiger charge is 2.55. The lowest BCUT2D eigenvalue weighted by atomic mass is 9.77. The van der Waals surface area contributed by atoms with Crippen LogP contribution in [0.5, 0.6) is 0 Å². The molecule has 8 nitrogen and oxygen atoms in total. The molecule has 1 aliphatic carbocycles. The van der Waals surface area contributed by atoms with Crippen molar-refractivity contribution in [3.8, 4) is 0 Å². The second-order valence-electron chi connectivity index (χ2n) is 7.95. The molecule has 1 aliphatic heterocycles. The minimum absolute atomic E-state index is 0.0214. The van der Waals surface area contributed by atoms with Gasteiger partial charge in [-0.2, -0.15) is 0 Å². The van der Waals surface area contributed by atoms with Crippen LogP contribution in [0.15, 0.2) is 36.0 Å². The number of ketones is 1. The van der Waals surface area contributed by atoms with Crippen molar-refractivity contribution in [2.75, 3.05) is 0 Å². The van der Waals surface area contributed by atoms with Crippen LogP contribution in [0, 0.1) is 11.8 Å². The third kappa shape index (κ3) is 4.70. The fraction of sp³-hybridized carbons (Fsp3) is 0.545. The van der Waals surface area contributed by atoms with Gasteiger partial charge in [0.2, 0.25) is 0 Å². The molecule has 30 heavy (non-hydrogen) atoms. The predicted molar refractivity (Wildman–Crippen MR) is 106 cm³/mol. The first-order valence-electron chi connectivity index (χ1n) is 9.76. The van der Waals surface area contributed by atoms with E-state index in [1.807, 2.05) is 6.92 Å². The van der Waals surface area contributed by atoms with E-state index in [2.05, 4.69) is 6.58 Å². The molecule has 0 amide bonds. The summed E-state index contributed by atoms with van der Waals surface area (Å²) in [4.78, 5) is 49.5. The Balaban J connectivity index is 2.68. The van der Waals surface area contributed by atoms with E-state index in [1.54, 1.807) is 13.0 Å². The number of hydrogen-bond acceptors (Lipinski definition) is 8. The lowest BCUT2D eigenvalue weighted by Crippen LogP contribution is -2.58. The average Bonchev–Trinajstić information content (AvgIpc) is 2.94. The molecule has 0 bridgehead atoms. The van der Waals surface area contributed by atoms with E-state index in [9.17, 15) is 24.3 Å². The first kappa shape index (κ1) is 23.5. The summed E-state index contributed by atoms with van der Waals surface area (Å²) in [6.07, 6.45) is 0.930. The molecule has 6 atom stereocenters. The fourth-order valence-corrected chi connectivity index (χ4v) is 3.60. The largest absolute Gasteiger partial charge is 0.458 e. The van der Waals surface area contributed by atoms with Crippen LogP contribution in [0.25, 0.3) is 0 Å². The summed E-state index contributed by atoms with van der Waals surface area (Å²) in [6, 6.07) is 0. The van der Waals surface area contributed by atoms with Gasteiger partial charge in [-0.05, 0) is 39.2 Å². The number of allylic oxidation sites excluding steroid dienone is 2. The molecule has 1 saturated heterocycles. The summed E-state index contributed by atoms with van der Waals surface area (Å²) >= 11 is 0. The minimum Gasteiger partial charge on any atom is -0.458 e. The molecule has 1 heterocycles. The van der Waals surface area contributed by atoms with Crippen LogP contribution in [0.2, 0.25) is 0 Å². The van der Waals surface area contributed by atoms with Crippen molar-refractivity contribution in [2.24, 2.45) is 11.8 Å². The van der Waals surface area contributed by atoms with Gasteiger partial charge in [-0.1, -0.05) is 25.7 Å². The monoisotopic (exact) mass is 420 g/mol. The van der Waals surface area contributed by atoms with Crippen LogP contribution in [-0.2, 0) is 33.4 Å². The highest BCUT2D eigenvalue weighted by Crippen LogP contribution is 2.40. The summed E-state index contributed by atoms with van der Waals surface area (Å²) in [5.41, 5.74) is -1.95. The summed E-state index contributed by atoms with van der Waals surface area (Å²) in [5.74, 6) is -4.03. The fourth-order valence-electron chi connectivity index (χ4n) is 3.60. The van der Waals surface area contributed by atoms with Crippen LogP contribution in [0.3, 0.4) is 0 Å². The number of carbonyl (C=O) groups excluding carboxylic acids is 4. The van der Waals surface area contributed by atoms with Crippen molar-refractivity contribution < 1.29 is 38.5 Å². The van der Waals surface area contributed by atoms with E-state index in [1.165, 1.54) is 26.0 Å². The molecule has 0 radical (unpaired) electrons. The van der Waals surface area contributed by atoms with E-state index in [0.29, 0.717) is 6.42 Å². The number of aliphatic hydroxyl groups is 1. The first-order chi connectivity index (χ1) is 13.9. The maximum absolute atomic E-state index is 12.7. The van der Waals surface area contributed by atoms with Crippen molar-refractivity contribution in [2.45, 2.75) is 65.0 Å². The second kappa shape index (κ2) is 8.95. The van der Waals surface area contributed by atoms with Gasteiger partial charge in [-0.15, -0.1) is 0 Å². The Morgan fingerprint density at radius 3 is 2.50 bits per heavy atom. The number of ether oxygens (including phenoxy) is 3. The second-order valence-corrected chi connectivity index (χ2v) is 7.95. The Labute approximate surface area is 175 Å². The summed E-state index contributed by atoms with van der Waals surface area (Å²) in [7, 11) is 0. The molecule has 2 aliphatic rings. The first-order valence-corrected chi connectivity index (χ1v) is 9.76. The number of rotatable bonds is 3. The normalized spacial score (nSPS) is 35.9. The van der Waals surface area contributed by atoms with Crippen LogP contribution in [0.1, 0.15) is 41.0 Å². The molecule has 2 rings (SSSR count). The van der Waals surface area contributed by atoms with E-state index in [0.717, 1.165) is 6.92 Å². The lowest BCUT2D eigenvalue weighted by Gasteiger charge is -2.39. The van der Waals surface area contributed by atoms with Gasteiger partial charge in [0.1, 0.15) is 6.10 Å². The standard InChI is InChI=1S/C22H28O8/c1-7-12(3)20(25)30-18-17-13(4)21(26)29-15(17)10-11(2)8-9-16(24)22(6,27)19(18)28-14(5)23/h7-9,11,15,17-19,27H,4,10H2,1-3,5-6H3/b9-8-,12-7-/t11-,15+,17+,18-,19+,22-/m0/s1. The molecule has 0 saturated carbocycles. The van der Waals surface area contributed by atoms with E-state index >= 15 is 0 Å². The lowest BCUT2D eigenvalue weighted by molar-refractivity contribution is -0.194. The Hall–Kier alpha value is -2.74. The third-order valence-corrected chi connectivity index (χ3v) is 5.50. The van der Waals surface area contributed by atoms with Crippen molar-refractivity contribution in [1.29, 1.82) is 0 Å². The zero-order chi connectivity index (χ0) is 22.8. The summed E-state index contributed by atoms with van der Waals surface area (Å²) in [6.45, 7) is 11.0. The van der Waals surface area contributed by atoms with Gasteiger partial charge < -0.3 is 19.3 Å². The Morgan fingerprint density at radius 1 is 1.30 bits per heavy atom. The number of hydrogen-bond donors (Lipinski definition) is 1. The number of carbonyl (C=O) groups is 4. The smallest absolute Gasteiger partial charge is 0.334 e. The molecule has 0 unspecified atom stereocenters. The highest BCUT2D eigenvalue weighted by atomic mass is 16.6. The Bertz CT molecular complexity index is 819. The molecular weight excluding hydrogens is 392 g/mol. The van der Waals surface area contributed by atoms with Crippen LogP contribution in [0.4, 0.5) is 0 Å². The predicted octanol–water partition coefficient (Wildman–Crippen LogP) is 1.81. The quantitative estimate of drug-likeness (QED) is 0.417. The number of esters is 3. The zero-order valence-electron chi connectivity index (χ0n) is 17.8. The van der Waals surface area contributed by atoms with Crippen molar-refractivity contribution in [3.05, 3.63) is 36.0 Å². The van der Waals surface area contributed by atoms with Crippen LogP contribution >= 0.6 is 0 Å². The molecule has 0 aromatic carbocycles. The maximum Gasteiger partial charge on any atom is 0.334 e. The minimum atomic E-state index is -2.23. The molecule has 0 spiro atoms. The Kier molecular flexibility index (Phi) is 7.02.